The number of carbonyl (C=O) groups excluding carboxylic acids is 2. The smallest absolute Gasteiger partial charge is 0.422 e. The Hall–Kier alpha value is -3.16. The molecule has 2 amide bonds. The van der Waals surface area contributed by atoms with E-state index in [1.807, 2.05) is 0 Å². The Labute approximate surface area is 215 Å². The molecule has 1 atom stereocenters. The maximum Gasteiger partial charge on any atom is 0.422 e. The second kappa shape index (κ2) is 9.24. The molecular weight excluding hydrogens is 532 g/mol. The molecule has 0 bridgehead atoms. The number of fused-ring (bicyclic) bond motifs is 3. The van der Waals surface area contributed by atoms with Crippen molar-refractivity contribution in [2.24, 2.45) is 5.92 Å². The number of benzene rings is 1. The zero-order valence-electron chi connectivity index (χ0n) is 20.5. The first-order chi connectivity index (χ1) is 17.7. The van der Waals surface area contributed by atoms with E-state index in [2.05, 4.69) is 15.7 Å². The van der Waals surface area contributed by atoms with Crippen molar-refractivity contribution in [3.05, 3.63) is 40.3 Å². The van der Waals surface area contributed by atoms with Crippen LogP contribution in [0.1, 0.15) is 52.9 Å². The van der Waals surface area contributed by atoms with E-state index in [1.54, 1.807) is 0 Å². The van der Waals surface area contributed by atoms with Crippen molar-refractivity contribution < 1.29 is 40.3 Å². The van der Waals surface area contributed by atoms with Crippen molar-refractivity contribution in [1.82, 2.24) is 15.1 Å². The lowest BCUT2D eigenvalue weighted by atomic mass is 9.82. The summed E-state index contributed by atoms with van der Waals surface area (Å²) in [6.07, 6.45) is -0.0577. The molecule has 9 nitrogen and oxygen atoms in total. The second-order valence-corrected chi connectivity index (χ2v) is 12.4. The Kier molecular flexibility index (Phi) is 6.43. The Morgan fingerprint density at radius 2 is 2.05 bits per heavy atom. The summed E-state index contributed by atoms with van der Waals surface area (Å²) in [6, 6.07) is 2.23. The van der Waals surface area contributed by atoms with Crippen molar-refractivity contribution >= 4 is 27.5 Å². The molecule has 0 saturated heterocycles. The van der Waals surface area contributed by atoms with E-state index in [4.69, 9.17) is 4.74 Å². The molecule has 0 unspecified atom stereocenters. The van der Waals surface area contributed by atoms with Crippen LogP contribution < -0.4 is 15.4 Å². The van der Waals surface area contributed by atoms with Gasteiger partial charge < -0.3 is 15.4 Å². The molecule has 3 aliphatic rings. The minimum absolute atomic E-state index is 0.0894. The minimum Gasteiger partial charge on any atom is -0.484 e. The van der Waals surface area contributed by atoms with Crippen LogP contribution in [0.2, 0.25) is 0 Å². The molecule has 5 rings (SSSR count). The number of sulfone groups is 1. The molecule has 1 spiro atoms. The summed E-state index contributed by atoms with van der Waals surface area (Å²) in [7, 11) is -3.62. The minimum atomic E-state index is -4.57. The van der Waals surface area contributed by atoms with Gasteiger partial charge in [-0.15, -0.1) is 0 Å². The first-order valence-corrected chi connectivity index (χ1v) is 14.2. The van der Waals surface area contributed by atoms with Crippen LogP contribution >= 0.6 is 0 Å². The average Bonchev–Trinajstić information content (AvgIpc) is 3.46. The monoisotopic (exact) mass is 558 g/mol. The highest BCUT2D eigenvalue weighted by atomic mass is 32.2. The van der Waals surface area contributed by atoms with Gasteiger partial charge >= 0.3 is 6.18 Å². The number of halogens is 4. The van der Waals surface area contributed by atoms with Gasteiger partial charge in [-0.25, -0.2) is 17.5 Å². The van der Waals surface area contributed by atoms with Gasteiger partial charge in [-0.3, -0.25) is 9.59 Å². The highest BCUT2D eigenvalue weighted by Crippen LogP contribution is 2.46. The summed E-state index contributed by atoms with van der Waals surface area (Å²) < 4.78 is 82.3. The molecule has 206 valence electrons. The summed E-state index contributed by atoms with van der Waals surface area (Å²) in [4.78, 5) is 25.8. The van der Waals surface area contributed by atoms with E-state index >= 15 is 4.39 Å². The number of ether oxygens (including phenoxy) is 1. The molecule has 2 N–H and O–H groups in total. The number of rotatable bonds is 8. The van der Waals surface area contributed by atoms with Crippen LogP contribution in [0.15, 0.2) is 12.1 Å². The molecule has 1 aromatic carbocycles. The maximum absolute atomic E-state index is 15.3. The lowest BCUT2D eigenvalue weighted by Crippen LogP contribution is -2.50. The van der Waals surface area contributed by atoms with Gasteiger partial charge in [0.15, 0.2) is 16.4 Å². The normalized spacial score (nSPS) is 20.7. The summed E-state index contributed by atoms with van der Waals surface area (Å²) in [5.74, 6) is -2.62. The van der Waals surface area contributed by atoms with Crippen molar-refractivity contribution in [2.75, 3.05) is 23.9 Å². The lowest BCUT2D eigenvalue weighted by molar-refractivity contribution is -0.153. The summed E-state index contributed by atoms with van der Waals surface area (Å²) in [5.41, 5.74) is -0.154. The third kappa shape index (κ3) is 5.49. The molecule has 1 aliphatic heterocycles. The van der Waals surface area contributed by atoms with E-state index in [0.29, 0.717) is 30.1 Å². The van der Waals surface area contributed by atoms with Crippen LogP contribution in [0, 0.1) is 11.7 Å². The quantitative estimate of drug-likeness (QED) is 0.481. The number of alkyl halides is 3. The van der Waals surface area contributed by atoms with Crippen LogP contribution in [0.25, 0.3) is 0 Å². The van der Waals surface area contributed by atoms with Gasteiger partial charge in [-0.05, 0) is 36.8 Å². The third-order valence-electron chi connectivity index (χ3n) is 7.02. The van der Waals surface area contributed by atoms with Crippen LogP contribution in [-0.2, 0) is 39.6 Å². The highest BCUT2D eigenvalue weighted by molar-refractivity contribution is 7.91. The number of nitrogens with zero attached hydrogens (tertiary/aromatic N) is 2. The average molecular weight is 559 g/mol. The van der Waals surface area contributed by atoms with Gasteiger partial charge in [-0.2, -0.15) is 18.3 Å². The second-order valence-electron chi connectivity index (χ2n) is 10.3. The van der Waals surface area contributed by atoms with Gasteiger partial charge in [0.25, 0.3) is 5.91 Å². The molecule has 14 heteroatoms. The van der Waals surface area contributed by atoms with Gasteiger partial charge in [0, 0.05) is 30.9 Å². The summed E-state index contributed by atoms with van der Waals surface area (Å²) in [5, 5.41) is 9.95. The van der Waals surface area contributed by atoms with E-state index in [1.165, 1.54) is 10.7 Å². The summed E-state index contributed by atoms with van der Waals surface area (Å²) in [6.45, 7) is -1.15. The van der Waals surface area contributed by atoms with Crippen LogP contribution in [0.5, 0.6) is 5.75 Å². The fourth-order valence-electron chi connectivity index (χ4n) is 5.28. The van der Waals surface area contributed by atoms with Crippen molar-refractivity contribution in [3.63, 3.8) is 0 Å². The maximum atomic E-state index is 15.3. The predicted molar refractivity (Wildman–Crippen MR) is 127 cm³/mol. The van der Waals surface area contributed by atoms with E-state index in [-0.39, 0.29) is 35.5 Å². The van der Waals surface area contributed by atoms with Crippen LogP contribution in [0.4, 0.5) is 23.4 Å². The number of hydrogen-bond acceptors (Lipinski definition) is 6. The standard InChI is InChI=1S/C24H26F4N4O5S/c1-38(35,36)11-18(33)29-21-19-17(31-32(21)7-5-13-2-3-13)10-23(30-22(19)34)6-4-14-8-15(9-16(25)20(14)23)37-12-24(26,27)28/h8-9,13H,2-7,10-12H2,1H3,(H,29,33)(H,30,34)/t23-/m1/s1. The molecule has 2 aliphatic carbocycles. The molecule has 1 fully saturated rings. The Bertz CT molecular complexity index is 1420. The van der Waals surface area contributed by atoms with Gasteiger partial charge in [0.2, 0.25) is 5.91 Å². The van der Waals surface area contributed by atoms with Gasteiger partial charge in [0.05, 0.1) is 11.2 Å². The fraction of sp³-hybridized carbons (Fsp3) is 0.542. The first kappa shape index (κ1) is 26.4. The number of aryl methyl sites for hydroxylation is 2. The Morgan fingerprint density at radius 1 is 1.32 bits per heavy atom. The lowest BCUT2D eigenvalue weighted by Gasteiger charge is -2.35. The summed E-state index contributed by atoms with van der Waals surface area (Å²) >= 11 is 0. The zero-order valence-corrected chi connectivity index (χ0v) is 21.3. The largest absolute Gasteiger partial charge is 0.484 e. The third-order valence-corrected chi connectivity index (χ3v) is 7.81. The number of anilines is 1. The first-order valence-electron chi connectivity index (χ1n) is 12.2. The van der Waals surface area contributed by atoms with E-state index in [0.717, 1.165) is 31.6 Å². The SMILES string of the molecule is CS(=O)(=O)CC(=O)Nc1c2c(nn1CCC1CC1)C[C@@]1(CCc3cc(OCC(F)(F)F)cc(F)c31)NC2=O. The topological polar surface area (TPSA) is 119 Å². The Morgan fingerprint density at radius 3 is 2.71 bits per heavy atom. The van der Waals surface area contributed by atoms with E-state index < -0.39 is 51.5 Å². The highest BCUT2D eigenvalue weighted by Gasteiger charge is 2.48. The predicted octanol–water partition coefficient (Wildman–Crippen LogP) is 2.87. The number of nitrogens with one attached hydrogen (secondary N) is 2. The number of hydrogen-bond donors (Lipinski definition) is 2. The van der Waals surface area contributed by atoms with Crippen molar-refractivity contribution in [3.8, 4) is 5.75 Å². The molecule has 1 saturated carbocycles. The Balaban J connectivity index is 1.46. The molecule has 1 aromatic heterocycles. The number of aromatic nitrogens is 2. The van der Waals surface area contributed by atoms with Gasteiger partial charge in [-0.1, -0.05) is 12.8 Å². The number of amides is 2. The molecule has 38 heavy (non-hydrogen) atoms. The molecule has 0 radical (unpaired) electrons. The van der Waals surface area contributed by atoms with E-state index in [9.17, 15) is 31.2 Å². The fourth-order valence-corrected chi connectivity index (χ4v) is 5.83. The zero-order chi connectivity index (χ0) is 27.5. The van der Waals surface area contributed by atoms with Crippen molar-refractivity contribution in [2.45, 2.75) is 56.8 Å². The molecular formula is C24H26F4N4O5S. The van der Waals surface area contributed by atoms with Gasteiger partial charge in [0.1, 0.15) is 28.7 Å². The number of carbonyl (C=O) groups is 2. The van der Waals surface area contributed by atoms with Crippen LogP contribution in [0.3, 0.4) is 0 Å². The van der Waals surface area contributed by atoms with Crippen LogP contribution in [-0.4, -0.2) is 54.8 Å². The van der Waals surface area contributed by atoms with Crippen molar-refractivity contribution in [1.29, 1.82) is 0 Å². The molecule has 2 aromatic rings. The molecule has 2 heterocycles.